The number of hydrogen-bond donors (Lipinski definition) is 1. The summed E-state index contributed by atoms with van der Waals surface area (Å²) in [5, 5.41) is 15.8. The lowest BCUT2D eigenvalue weighted by Gasteiger charge is -2.34. The summed E-state index contributed by atoms with van der Waals surface area (Å²) in [6.07, 6.45) is 3.64. The fourth-order valence-electron chi connectivity index (χ4n) is 3.38. The van der Waals surface area contributed by atoms with E-state index < -0.39 is 0 Å². The normalized spacial score (nSPS) is 17.4. The van der Waals surface area contributed by atoms with E-state index in [9.17, 15) is 5.11 Å². The van der Waals surface area contributed by atoms with Gasteiger partial charge in [0.25, 0.3) is 0 Å². The molecule has 0 saturated carbocycles. The molecule has 0 amide bonds. The molecule has 1 aromatic carbocycles. The summed E-state index contributed by atoms with van der Waals surface area (Å²) in [6.45, 7) is 3.89. The Morgan fingerprint density at radius 2 is 1.88 bits per heavy atom. The maximum absolute atomic E-state index is 10.7. The number of nitrogens with zero attached hydrogens (tertiary/aromatic N) is 4. The van der Waals surface area contributed by atoms with Crippen LogP contribution in [0.15, 0.2) is 24.3 Å². The molecule has 2 aromatic heterocycles. The van der Waals surface area contributed by atoms with Crippen LogP contribution in [0.3, 0.4) is 0 Å². The summed E-state index contributed by atoms with van der Waals surface area (Å²) in [4.78, 5) is 8.47. The minimum Gasteiger partial charge on any atom is -0.492 e. The molecule has 1 aliphatic rings. The first kappa shape index (κ1) is 15.9. The van der Waals surface area contributed by atoms with Crippen molar-refractivity contribution in [2.45, 2.75) is 32.2 Å². The van der Waals surface area contributed by atoms with Gasteiger partial charge in [-0.25, -0.2) is 4.98 Å². The van der Waals surface area contributed by atoms with Crippen molar-refractivity contribution in [3.05, 3.63) is 45.6 Å². The molecular formula is C17H19ClN4OS. The van der Waals surface area contributed by atoms with E-state index in [0.717, 1.165) is 33.5 Å². The van der Waals surface area contributed by atoms with Gasteiger partial charge in [-0.05, 0) is 50.6 Å². The molecule has 126 valence electrons. The summed E-state index contributed by atoms with van der Waals surface area (Å²) in [5.41, 5.74) is 1.14. The molecule has 7 heteroatoms. The van der Waals surface area contributed by atoms with E-state index in [4.69, 9.17) is 11.6 Å². The van der Waals surface area contributed by atoms with Gasteiger partial charge in [-0.2, -0.15) is 4.52 Å². The van der Waals surface area contributed by atoms with Crippen molar-refractivity contribution in [2.24, 2.45) is 0 Å². The molecule has 3 aromatic rings. The molecule has 4 rings (SSSR count). The number of aromatic nitrogens is 3. The van der Waals surface area contributed by atoms with E-state index in [-0.39, 0.29) is 11.9 Å². The highest BCUT2D eigenvalue weighted by molar-refractivity contribution is 7.17. The smallest absolute Gasteiger partial charge is 0.230 e. The number of thiazole rings is 1. The number of rotatable bonds is 3. The minimum absolute atomic E-state index is 0.0105. The number of halogens is 1. The fraction of sp³-hybridized carbons (Fsp3) is 0.412. The van der Waals surface area contributed by atoms with Crippen LogP contribution in [0.25, 0.3) is 4.96 Å². The quantitative estimate of drug-likeness (QED) is 0.764. The summed E-state index contributed by atoms with van der Waals surface area (Å²) in [5.74, 6) is 0.866. The van der Waals surface area contributed by atoms with Crippen LogP contribution in [0, 0.1) is 6.92 Å². The Balaban J connectivity index is 1.82. The lowest BCUT2D eigenvalue weighted by molar-refractivity contribution is 0.186. The number of fused-ring (bicyclic) bond motifs is 1. The van der Waals surface area contributed by atoms with Crippen LogP contribution >= 0.6 is 22.9 Å². The van der Waals surface area contributed by atoms with Crippen LogP contribution in [0.1, 0.15) is 41.6 Å². The molecule has 0 bridgehead atoms. The number of benzene rings is 1. The van der Waals surface area contributed by atoms with E-state index in [1.165, 1.54) is 30.6 Å². The van der Waals surface area contributed by atoms with Gasteiger partial charge in [0.15, 0.2) is 0 Å². The number of aryl methyl sites for hydroxylation is 1. The van der Waals surface area contributed by atoms with Crippen molar-refractivity contribution in [1.82, 2.24) is 19.5 Å². The van der Waals surface area contributed by atoms with Gasteiger partial charge < -0.3 is 5.11 Å². The molecule has 1 fully saturated rings. The Morgan fingerprint density at radius 3 is 2.54 bits per heavy atom. The zero-order chi connectivity index (χ0) is 16.7. The number of piperidine rings is 1. The topological polar surface area (TPSA) is 53.7 Å². The van der Waals surface area contributed by atoms with Crippen molar-refractivity contribution < 1.29 is 5.11 Å². The Morgan fingerprint density at radius 1 is 1.17 bits per heavy atom. The molecule has 1 N–H and O–H groups in total. The zero-order valence-electron chi connectivity index (χ0n) is 13.4. The Labute approximate surface area is 149 Å². The summed E-state index contributed by atoms with van der Waals surface area (Å²) in [7, 11) is 0. The second-order valence-corrected chi connectivity index (χ2v) is 7.64. The van der Waals surface area contributed by atoms with Gasteiger partial charge in [-0.3, -0.25) is 4.90 Å². The van der Waals surface area contributed by atoms with Crippen LogP contribution in [0.5, 0.6) is 5.88 Å². The largest absolute Gasteiger partial charge is 0.492 e. The third-order valence-electron chi connectivity index (χ3n) is 4.50. The Hall–Kier alpha value is -1.63. The first-order valence-corrected chi connectivity index (χ1v) is 9.37. The summed E-state index contributed by atoms with van der Waals surface area (Å²) < 4.78 is 1.54. The summed E-state index contributed by atoms with van der Waals surface area (Å²) in [6, 6.07) is 7.92. The molecule has 1 unspecified atom stereocenters. The van der Waals surface area contributed by atoms with Crippen molar-refractivity contribution in [1.29, 1.82) is 0 Å². The lowest BCUT2D eigenvalue weighted by atomic mass is 10.0. The highest BCUT2D eigenvalue weighted by Crippen LogP contribution is 2.40. The predicted octanol–water partition coefficient (Wildman–Crippen LogP) is 4.03. The van der Waals surface area contributed by atoms with Gasteiger partial charge in [0, 0.05) is 5.02 Å². The fourth-order valence-corrected chi connectivity index (χ4v) is 4.66. The monoisotopic (exact) mass is 362 g/mol. The highest BCUT2D eigenvalue weighted by atomic mass is 35.5. The highest BCUT2D eigenvalue weighted by Gasteiger charge is 2.30. The standard InChI is InChI=1S/C17H19ClN4OS/c1-11-19-17-22(20-11)16(23)15(24-17)14(21-9-3-2-4-10-21)12-5-7-13(18)8-6-12/h5-8,14,23H,2-4,9-10H2,1H3. The molecule has 0 spiro atoms. The van der Waals surface area contributed by atoms with E-state index in [2.05, 4.69) is 15.0 Å². The van der Waals surface area contributed by atoms with Gasteiger partial charge in [0.05, 0.1) is 10.9 Å². The maximum atomic E-state index is 10.7. The molecular weight excluding hydrogens is 344 g/mol. The van der Waals surface area contributed by atoms with E-state index in [1.807, 2.05) is 31.2 Å². The molecule has 5 nitrogen and oxygen atoms in total. The Bertz CT molecular complexity index is 851. The first-order chi connectivity index (χ1) is 11.6. The number of hydrogen-bond acceptors (Lipinski definition) is 5. The molecule has 0 aliphatic carbocycles. The van der Waals surface area contributed by atoms with E-state index in [1.54, 1.807) is 4.52 Å². The van der Waals surface area contributed by atoms with Gasteiger partial charge in [0.2, 0.25) is 10.8 Å². The lowest BCUT2D eigenvalue weighted by Crippen LogP contribution is -2.34. The molecule has 1 saturated heterocycles. The van der Waals surface area contributed by atoms with Crippen LogP contribution in [0.4, 0.5) is 0 Å². The SMILES string of the molecule is Cc1nc2sc(C(c3ccc(Cl)cc3)N3CCCCC3)c(O)n2n1. The van der Waals surface area contributed by atoms with Gasteiger partial charge >= 0.3 is 0 Å². The zero-order valence-corrected chi connectivity index (χ0v) is 15.0. The third kappa shape index (κ3) is 2.79. The number of likely N-dealkylation sites (tertiary alicyclic amines) is 1. The van der Waals surface area contributed by atoms with Crippen LogP contribution < -0.4 is 0 Å². The van der Waals surface area contributed by atoms with Crippen molar-refractivity contribution in [3.8, 4) is 5.88 Å². The van der Waals surface area contributed by atoms with Crippen molar-refractivity contribution in [3.63, 3.8) is 0 Å². The minimum atomic E-state index is 0.0105. The average Bonchev–Trinajstić information content (AvgIpc) is 3.09. The van der Waals surface area contributed by atoms with Gasteiger partial charge in [-0.1, -0.05) is 41.5 Å². The second kappa shape index (κ2) is 6.35. The van der Waals surface area contributed by atoms with Gasteiger partial charge in [0.1, 0.15) is 5.82 Å². The molecule has 24 heavy (non-hydrogen) atoms. The van der Waals surface area contributed by atoms with E-state index in [0.29, 0.717) is 5.82 Å². The first-order valence-electron chi connectivity index (χ1n) is 8.18. The van der Waals surface area contributed by atoms with Crippen LogP contribution in [-0.2, 0) is 0 Å². The van der Waals surface area contributed by atoms with Crippen molar-refractivity contribution >= 4 is 27.9 Å². The summed E-state index contributed by atoms with van der Waals surface area (Å²) >= 11 is 7.57. The number of aromatic hydroxyl groups is 1. The van der Waals surface area contributed by atoms with Crippen molar-refractivity contribution in [2.75, 3.05) is 13.1 Å². The predicted molar refractivity (Wildman–Crippen MR) is 96.0 cm³/mol. The molecule has 3 heterocycles. The van der Waals surface area contributed by atoms with Gasteiger partial charge in [-0.15, -0.1) is 5.10 Å². The Kier molecular flexibility index (Phi) is 4.20. The molecule has 0 radical (unpaired) electrons. The van der Waals surface area contributed by atoms with Crippen LogP contribution in [0.2, 0.25) is 5.02 Å². The van der Waals surface area contributed by atoms with E-state index >= 15 is 0 Å². The second-order valence-electron chi connectivity index (χ2n) is 6.19. The average molecular weight is 363 g/mol. The maximum Gasteiger partial charge on any atom is 0.230 e. The third-order valence-corrected chi connectivity index (χ3v) is 5.82. The molecule has 1 aliphatic heterocycles. The molecule has 1 atom stereocenters. The van der Waals surface area contributed by atoms with Crippen LogP contribution in [-0.4, -0.2) is 37.7 Å².